The summed E-state index contributed by atoms with van der Waals surface area (Å²) in [7, 11) is 2.74. The Labute approximate surface area is 102 Å². The van der Waals surface area contributed by atoms with Gasteiger partial charge in [-0.1, -0.05) is 12.8 Å². The molecule has 1 aliphatic heterocycles. The van der Waals surface area contributed by atoms with Gasteiger partial charge in [0.1, 0.15) is 0 Å². The predicted octanol–water partition coefficient (Wildman–Crippen LogP) is 2.23. The summed E-state index contributed by atoms with van der Waals surface area (Å²) in [6.45, 7) is 9.66. The Balaban J connectivity index is 2.54. The van der Waals surface area contributed by atoms with E-state index in [9.17, 15) is 0 Å². The van der Waals surface area contributed by atoms with Crippen LogP contribution in [0.4, 0.5) is 0 Å². The number of nitrogens with one attached hydrogen (secondary N) is 1. The van der Waals surface area contributed by atoms with Crippen LogP contribution in [0.15, 0.2) is 0 Å². The molecule has 0 spiro atoms. The number of hydrogen-bond acceptors (Lipinski definition) is 2. The Hall–Kier alpha value is -0.0900. The topological polar surface area (TPSA) is 21.3 Å². The molecule has 1 N–H and O–H groups in total. The summed E-state index contributed by atoms with van der Waals surface area (Å²) in [5, 5.41) is 3.52. The summed E-state index contributed by atoms with van der Waals surface area (Å²) in [6, 6.07) is 0.502. The Morgan fingerprint density at radius 3 is 2.69 bits per heavy atom. The molecule has 0 bridgehead atoms. The van der Waals surface area contributed by atoms with Gasteiger partial charge in [-0.3, -0.25) is 0 Å². The van der Waals surface area contributed by atoms with Gasteiger partial charge in [-0.05, 0) is 27.2 Å². The first kappa shape index (κ1) is 14.0. The number of methoxy groups -OCH3 is 1. The van der Waals surface area contributed by atoms with Crippen LogP contribution in [0.3, 0.4) is 0 Å². The van der Waals surface area contributed by atoms with Gasteiger partial charge in [0.05, 0.1) is 5.60 Å². The van der Waals surface area contributed by atoms with Gasteiger partial charge >= 0.3 is 0 Å². The van der Waals surface area contributed by atoms with Gasteiger partial charge in [0.15, 0.2) is 0 Å². The van der Waals surface area contributed by atoms with Gasteiger partial charge in [0.25, 0.3) is 0 Å². The Morgan fingerprint density at radius 1 is 1.62 bits per heavy atom. The average Bonchev–Trinajstić information content (AvgIpc) is 2.24. The molecule has 16 heavy (non-hydrogen) atoms. The molecule has 0 aromatic carbocycles. The molecule has 1 aliphatic rings. The highest BCUT2D eigenvalue weighted by molar-refractivity contribution is 7.40. The van der Waals surface area contributed by atoms with Crippen molar-refractivity contribution in [1.82, 2.24) is 5.32 Å². The van der Waals surface area contributed by atoms with Gasteiger partial charge in [-0.25, -0.2) is 0 Å². The maximum absolute atomic E-state index is 5.67. The van der Waals surface area contributed by atoms with Crippen molar-refractivity contribution < 1.29 is 4.74 Å². The van der Waals surface area contributed by atoms with Gasteiger partial charge < -0.3 is 10.1 Å². The maximum Gasteiger partial charge on any atom is 0.0806 e. The van der Waals surface area contributed by atoms with Crippen LogP contribution in [0.5, 0.6) is 0 Å². The molecule has 92 valence electrons. The minimum absolute atomic E-state index is 0.0186. The van der Waals surface area contributed by atoms with Crippen molar-refractivity contribution >= 4 is 8.58 Å². The molecule has 1 saturated heterocycles. The van der Waals surface area contributed by atoms with E-state index in [-0.39, 0.29) is 5.60 Å². The first-order chi connectivity index (χ1) is 7.57. The minimum atomic E-state index is -0.0186. The molecule has 0 aliphatic carbocycles. The summed E-state index contributed by atoms with van der Waals surface area (Å²) in [6.07, 6.45) is 1.05. The quantitative estimate of drug-likeness (QED) is 0.588. The van der Waals surface area contributed by atoms with Crippen molar-refractivity contribution in [2.75, 3.05) is 13.7 Å². The molecule has 1 heterocycles. The normalized spacial score (nSPS) is 30.3. The molecule has 2 nitrogen and oxygen atoms in total. The third-order valence-electron chi connectivity index (χ3n) is 3.61. The highest BCUT2D eigenvalue weighted by Gasteiger charge is 2.43. The average molecular weight is 241 g/mol. The van der Waals surface area contributed by atoms with Crippen LogP contribution in [0.1, 0.15) is 34.1 Å². The van der Waals surface area contributed by atoms with Gasteiger partial charge in [0.2, 0.25) is 0 Å². The van der Waals surface area contributed by atoms with Crippen LogP contribution in [-0.4, -0.2) is 36.6 Å². The highest BCUT2D eigenvalue weighted by Crippen LogP contribution is 2.38. The lowest BCUT2D eigenvalue weighted by molar-refractivity contribution is -0.0446. The molecule has 1 fully saturated rings. The summed E-state index contributed by atoms with van der Waals surface area (Å²) >= 11 is 0. The molecule has 1 rings (SSSR count). The lowest BCUT2D eigenvalue weighted by Gasteiger charge is -2.48. The molecule has 5 unspecified atom stereocenters. The van der Waals surface area contributed by atoms with E-state index in [1.165, 1.54) is 0 Å². The molecule has 0 amide bonds. The van der Waals surface area contributed by atoms with E-state index in [1.54, 1.807) is 0 Å². The third-order valence-corrected chi connectivity index (χ3v) is 5.22. The summed E-state index contributed by atoms with van der Waals surface area (Å²) in [4.78, 5) is 0. The van der Waals surface area contributed by atoms with Gasteiger partial charge in [-0.2, -0.15) is 0 Å². The lowest BCUT2D eigenvalue weighted by atomic mass is 9.86. The lowest BCUT2D eigenvalue weighted by Crippen LogP contribution is -2.66. The zero-order chi connectivity index (χ0) is 12.2. The van der Waals surface area contributed by atoms with E-state index < -0.39 is 0 Å². The van der Waals surface area contributed by atoms with Crippen LogP contribution < -0.4 is 5.32 Å². The molecule has 3 heteroatoms. The fourth-order valence-electron chi connectivity index (χ4n) is 2.22. The highest BCUT2D eigenvalue weighted by atomic mass is 31.1. The molecular formula is C13H24NOP. The standard InChI is InChI=1S/C13H24NOP/c1-6-8-10(3)16-11-9-14-12(11)13(4,7-2)15-5/h10-12,14,16H,7,9H2,1-5H3. The Kier molecular flexibility index (Phi) is 5.25. The first-order valence-electron chi connectivity index (χ1n) is 6.04. The van der Waals surface area contributed by atoms with E-state index in [0.717, 1.165) is 27.2 Å². The zero-order valence-corrected chi connectivity index (χ0v) is 12.1. The van der Waals surface area contributed by atoms with E-state index in [1.807, 2.05) is 14.0 Å². The SMILES string of the molecule is CC#CC(C)PC1CNC1C(C)(CC)OC. The van der Waals surface area contributed by atoms with Crippen LogP contribution in [0.2, 0.25) is 0 Å². The third kappa shape index (κ3) is 2.98. The molecule has 0 radical (unpaired) electrons. The fourth-order valence-corrected chi connectivity index (χ4v) is 3.99. The van der Waals surface area contributed by atoms with Gasteiger partial charge in [-0.15, -0.1) is 14.5 Å². The van der Waals surface area contributed by atoms with Crippen molar-refractivity contribution in [2.45, 2.75) is 57.1 Å². The first-order valence-corrected chi connectivity index (χ1v) is 7.19. The van der Waals surface area contributed by atoms with Crippen LogP contribution in [0.25, 0.3) is 0 Å². The predicted molar refractivity (Wildman–Crippen MR) is 72.5 cm³/mol. The van der Waals surface area contributed by atoms with Crippen LogP contribution >= 0.6 is 8.58 Å². The molecule has 0 aromatic rings. The van der Waals surface area contributed by atoms with Crippen molar-refractivity contribution in [3.8, 4) is 11.8 Å². The monoisotopic (exact) mass is 241 g/mol. The molecule has 5 atom stereocenters. The van der Waals surface area contributed by atoms with E-state index in [0.29, 0.717) is 11.7 Å². The van der Waals surface area contributed by atoms with Crippen molar-refractivity contribution in [1.29, 1.82) is 0 Å². The van der Waals surface area contributed by atoms with Crippen molar-refractivity contribution in [3.63, 3.8) is 0 Å². The largest absolute Gasteiger partial charge is 0.377 e. The summed E-state index contributed by atoms with van der Waals surface area (Å²) < 4.78 is 5.67. The zero-order valence-electron chi connectivity index (χ0n) is 11.1. The Bertz CT molecular complexity index is 277. The number of hydrogen-bond donors (Lipinski definition) is 1. The van der Waals surface area contributed by atoms with E-state index in [4.69, 9.17) is 4.74 Å². The summed E-state index contributed by atoms with van der Waals surface area (Å²) in [5.74, 6) is 6.25. The number of rotatable bonds is 5. The Morgan fingerprint density at radius 2 is 2.31 bits per heavy atom. The second kappa shape index (κ2) is 6.01. The second-order valence-electron chi connectivity index (χ2n) is 4.65. The van der Waals surface area contributed by atoms with E-state index in [2.05, 4.69) is 37.9 Å². The van der Waals surface area contributed by atoms with Crippen LogP contribution in [0, 0.1) is 11.8 Å². The van der Waals surface area contributed by atoms with Crippen molar-refractivity contribution in [3.05, 3.63) is 0 Å². The smallest absolute Gasteiger partial charge is 0.0806 e. The van der Waals surface area contributed by atoms with Gasteiger partial charge in [0, 0.05) is 31.0 Å². The number of ether oxygens (including phenoxy) is 1. The van der Waals surface area contributed by atoms with Crippen molar-refractivity contribution in [2.24, 2.45) is 0 Å². The van der Waals surface area contributed by atoms with Crippen LogP contribution in [-0.2, 0) is 4.74 Å². The maximum atomic E-state index is 5.67. The molecule has 0 saturated carbocycles. The fraction of sp³-hybridized carbons (Fsp3) is 0.846. The van der Waals surface area contributed by atoms with E-state index >= 15 is 0 Å². The molecule has 0 aromatic heterocycles. The second-order valence-corrected chi connectivity index (χ2v) is 6.59. The minimum Gasteiger partial charge on any atom is -0.377 e. The summed E-state index contributed by atoms with van der Waals surface area (Å²) in [5.41, 5.74) is 1.24. The molecular weight excluding hydrogens is 217 g/mol.